The Labute approximate surface area is 109 Å². The minimum absolute atomic E-state index is 0.198. The number of hydrogen-bond acceptors (Lipinski definition) is 2. The van der Waals surface area contributed by atoms with Crippen molar-refractivity contribution in [3.05, 3.63) is 11.1 Å². The predicted octanol–water partition coefficient (Wildman–Crippen LogP) is 1.10. The lowest BCUT2D eigenvalue weighted by molar-refractivity contribution is 0.143. The summed E-state index contributed by atoms with van der Waals surface area (Å²) < 4.78 is 0. The monoisotopic (exact) mass is 240 g/mol. The van der Waals surface area contributed by atoms with Crippen molar-refractivity contribution in [1.82, 2.24) is 0 Å². The molecule has 0 radical (unpaired) electrons. The van der Waals surface area contributed by atoms with Crippen LogP contribution in [0.25, 0.3) is 0 Å². The van der Waals surface area contributed by atoms with E-state index in [1.807, 2.05) is 0 Å². The summed E-state index contributed by atoms with van der Waals surface area (Å²) in [4.78, 5) is 0. The topological polar surface area (TPSA) is 40.5 Å². The first-order valence-corrected chi connectivity index (χ1v) is 5.27. The first kappa shape index (κ1) is 15.9. The van der Waals surface area contributed by atoms with Gasteiger partial charge in [0.05, 0.1) is 11.1 Å². The van der Waals surface area contributed by atoms with Crippen molar-refractivity contribution in [3.8, 4) is 48.4 Å². The summed E-state index contributed by atoms with van der Waals surface area (Å²) >= 11 is 0. The third-order valence-electron chi connectivity index (χ3n) is 1.53. The maximum absolute atomic E-state index is 9.52. The fraction of sp³-hybridized carbons (Fsp3) is 0.375. The summed E-state index contributed by atoms with van der Waals surface area (Å²) in [5, 5.41) is 19.0. The fourth-order valence-corrected chi connectivity index (χ4v) is 0.773. The predicted molar refractivity (Wildman–Crippen MR) is 72.8 cm³/mol. The van der Waals surface area contributed by atoms with E-state index in [1.165, 1.54) is 27.7 Å². The number of aliphatic hydroxyl groups is 2. The van der Waals surface area contributed by atoms with Crippen LogP contribution in [0.5, 0.6) is 0 Å². The number of rotatable bonds is 0. The molecule has 2 heteroatoms. The highest BCUT2D eigenvalue weighted by molar-refractivity contribution is 5.60. The van der Waals surface area contributed by atoms with Crippen LogP contribution in [0.2, 0.25) is 0 Å². The Morgan fingerprint density at radius 2 is 1.11 bits per heavy atom. The van der Waals surface area contributed by atoms with Gasteiger partial charge in [0.1, 0.15) is 11.2 Å². The molecule has 2 nitrogen and oxygen atoms in total. The summed E-state index contributed by atoms with van der Waals surface area (Å²) in [6, 6.07) is 0. The zero-order valence-corrected chi connectivity index (χ0v) is 11.0. The second kappa shape index (κ2) is 6.00. The summed E-state index contributed by atoms with van der Waals surface area (Å²) in [7, 11) is 0. The molecule has 0 aliphatic carbocycles. The zero-order valence-electron chi connectivity index (χ0n) is 11.0. The van der Waals surface area contributed by atoms with Gasteiger partial charge in [0.2, 0.25) is 0 Å². The lowest BCUT2D eigenvalue weighted by atomic mass is 10.1. The van der Waals surface area contributed by atoms with E-state index in [2.05, 4.69) is 35.5 Å². The lowest BCUT2D eigenvalue weighted by Gasteiger charge is -2.07. The molecule has 18 heavy (non-hydrogen) atoms. The van der Waals surface area contributed by atoms with E-state index >= 15 is 0 Å². The molecule has 92 valence electrons. The maximum atomic E-state index is 9.52. The molecule has 0 aromatic rings. The van der Waals surface area contributed by atoms with Crippen LogP contribution in [0.3, 0.4) is 0 Å². The van der Waals surface area contributed by atoms with E-state index in [0.717, 1.165) is 0 Å². The SMILES string of the molecule is C#CC(C#C)=C(C#CC(C)(C)O)C#CC(C)(C)O. The molecule has 0 fully saturated rings. The molecule has 0 unspecified atom stereocenters. The van der Waals surface area contributed by atoms with E-state index in [9.17, 15) is 10.2 Å². The molecule has 0 saturated heterocycles. The fourth-order valence-electron chi connectivity index (χ4n) is 0.773. The third-order valence-corrected chi connectivity index (χ3v) is 1.53. The highest BCUT2D eigenvalue weighted by Gasteiger charge is 2.08. The minimum atomic E-state index is -1.17. The summed E-state index contributed by atoms with van der Waals surface area (Å²) in [5.74, 6) is 15.0. The largest absolute Gasteiger partial charge is 0.378 e. The van der Waals surface area contributed by atoms with Crippen molar-refractivity contribution in [2.75, 3.05) is 0 Å². The summed E-state index contributed by atoms with van der Waals surface area (Å²) in [6.45, 7) is 6.14. The number of terminal acetylenes is 2. The van der Waals surface area contributed by atoms with Crippen molar-refractivity contribution in [1.29, 1.82) is 0 Å². The summed E-state index contributed by atoms with van der Waals surface area (Å²) in [6.07, 6.45) is 10.5. The third kappa shape index (κ3) is 7.22. The Kier molecular flexibility index (Phi) is 5.30. The smallest absolute Gasteiger partial charge is 0.120 e. The molecule has 0 heterocycles. The normalized spacial score (nSPS) is 9.78. The average molecular weight is 240 g/mol. The molecule has 0 spiro atoms. The molecular formula is C16H16O2. The first-order valence-electron chi connectivity index (χ1n) is 5.27. The van der Waals surface area contributed by atoms with Gasteiger partial charge in [0.25, 0.3) is 0 Å². The molecule has 0 aliphatic heterocycles. The Bertz CT molecular complexity index is 492. The zero-order chi connectivity index (χ0) is 14.4. The van der Waals surface area contributed by atoms with Crippen LogP contribution in [0.4, 0.5) is 0 Å². The molecule has 0 saturated carbocycles. The van der Waals surface area contributed by atoms with Gasteiger partial charge in [0.15, 0.2) is 0 Å². The Morgan fingerprint density at radius 3 is 1.33 bits per heavy atom. The average Bonchev–Trinajstić information content (AvgIpc) is 2.19. The highest BCUT2D eigenvalue weighted by atomic mass is 16.3. The molecular weight excluding hydrogens is 224 g/mol. The second-order valence-corrected chi connectivity index (χ2v) is 4.66. The van der Waals surface area contributed by atoms with Crippen molar-refractivity contribution in [3.63, 3.8) is 0 Å². The quantitative estimate of drug-likeness (QED) is 0.622. The van der Waals surface area contributed by atoms with Crippen LogP contribution in [0, 0.1) is 48.4 Å². The molecule has 0 bridgehead atoms. The standard InChI is InChI=1S/C16H16O2/c1-7-13(8-2)14(9-11-15(3,4)17)10-12-16(5,6)18/h1-2,17-18H,3-6H3. The van der Waals surface area contributed by atoms with Crippen molar-refractivity contribution < 1.29 is 10.2 Å². The van der Waals surface area contributed by atoms with E-state index in [-0.39, 0.29) is 11.1 Å². The minimum Gasteiger partial charge on any atom is -0.378 e. The molecule has 0 amide bonds. The Balaban J connectivity index is 5.71. The highest BCUT2D eigenvalue weighted by Crippen LogP contribution is 2.05. The second-order valence-electron chi connectivity index (χ2n) is 4.66. The van der Waals surface area contributed by atoms with E-state index in [1.54, 1.807) is 0 Å². The van der Waals surface area contributed by atoms with E-state index in [0.29, 0.717) is 0 Å². The van der Waals surface area contributed by atoms with Gasteiger partial charge in [0, 0.05) is 0 Å². The lowest BCUT2D eigenvalue weighted by Crippen LogP contribution is -2.15. The van der Waals surface area contributed by atoms with Crippen LogP contribution >= 0.6 is 0 Å². The van der Waals surface area contributed by atoms with E-state index < -0.39 is 11.2 Å². The molecule has 0 aromatic carbocycles. The van der Waals surface area contributed by atoms with Crippen LogP contribution in [0.15, 0.2) is 11.1 Å². The number of allylic oxidation sites excluding steroid dienone is 2. The molecule has 2 N–H and O–H groups in total. The molecule has 0 rings (SSSR count). The van der Waals surface area contributed by atoms with Crippen LogP contribution < -0.4 is 0 Å². The first-order chi connectivity index (χ1) is 8.09. The number of hydrogen-bond donors (Lipinski definition) is 2. The van der Waals surface area contributed by atoms with Crippen molar-refractivity contribution in [2.24, 2.45) is 0 Å². The van der Waals surface area contributed by atoms with Gasteiger partial charge in [-0.1, -0.05) is 35.5 Å². The van der Waals surface area contributed by atoms with Gasteiger partial charge >= 0.3 is 0 Å². The molecule has 0 aliphatic rings. The van der Waals surface area contributed by atoms with Gasteiger partial charge < -0.3 is 10.2 Å². The van der Waals surface area contributed by atoms with Gasteiger partial charge in [-0.25, -0.2) is 0 Å². The van der Waals surface area contributed by atoms with Crippen LogP contribution in [-0.4, -0.2) is 21.4 Å². The molecule has 0 atom stereocenters. The van der Waals surface area contributed by atoms with Gasteiger partial charge in [-0.3, -0.25) is 0 Å². The maximum Gasteiger partial charge on any atom is 0.120 e. The van der Waals surface area contributed by atoms with Gasteiger partial charge in [-0.2, -0.15) is 0 Å². The van der Waals surface area contributed by atoms with E-state index in [4.69, 9.17) is 12.8 Å². The Hall–Kier alpha value is -2.10. The van der Waals surface area contributed by atoms with Crippen LogP contribution in [-0.2, 0) is 0 Å². The summed E-state index contributed by atoms with van der Waals surface area (Å²) in [5.41, 5.74) is -1.90. The van der Waals surface area contributed by atoms with Crippen LogP contribution in [0.1, 0.15) is 27.7 Å². The van der Waals surface area contributed by atoms with Gasteiger partial charge in [-0.15, -0.1) is 12.8 Å². The van der Waals surface area contributed by atoms with Gasteiger partial charge in [-0.05, 0) is 27.7 Å². The Morgan fingerprint density at radius 1 is 0.778 bits per heavy atom. The van der Waals surface area contributed by atoms with Crippen molar-refractivity contribution in [2.45, 2.75) is 38.9 Å². The van der Waals surface area contributed by atoms with Crippen molar-refractivity contribution >= 4 is 0 Å². The molecule has 0 aromatic heterocycles.